The van der Waals surface area contributed by atoms with E-state index in [9.17, 15) is 8.42 Å². The summed E-state index contributed by atoms with van der Waals surface area (Å²) in [5.41, 5.74) is 5.68. The lowest BCUT2D eigenvalue weighted by molar-refractivity contribution is 0.552. The first-order valence-corrected chi connectivity index (χ1v) is 9.42. The van der Waals surface area contributed by atoms with Crippen molar-refractivity contribution in [2.75, 3.05) is 6.26 Å². The molecule has 8 heteroatoms. The van der Waals surface area contributed by atoms with Gasteiger partial charge in [-0.3, -0.25) is 4.98 Å². The first-order chi connectivity index (χ1) is 9.44. The Kier molecular flexibility index (Phi) is 5.00. The summed E-state index contributed by atoms with van der Waals surface area (Å²) in [6.07, 6.45) is 6.26. The number of sulfonamides is 1. The summed E-state index contributed by atoms with van der Waals surface area (Å²) in [6.45, 7) is 0. The number of pyridine rings is 1. The summed E-state index contributed by atoms with van der Waals surface area (Å²) >= 11 is 6.64. The molecule has 0 aliphatic heterocycles. The van der Waals surface area contributed by atoms with Crippen molar-refractivity contribution in [2.45, 2.75) is 35.4 Å². The van der Waals surface area contributed by atoms with Gasteiger partial charge in [-0.25, -0.2) is 13.1 Å². The van der Waals surface area contributed by atoms with Gasteiger partial charge in [0.2, 0.25) is 10.0 Å². The SMILES string of the molecule is CSC1CCC(NS(=O)(=O)c2cccnc2C(N)=S)C1. The molecule has 0 aromatic carbocycles. The molecule has 2 unspecified atom stereocenters. The molecule has 110 valence electrons. The number of rotatable bonds is 5. The van der Waals surface area contributed by atoms with E-state index >= 15 is 0 Å². The van der Waals surface area contributed by atoms with Gasteiger partial charge in [0.1, 0.15) is 15.6 Å². The van der Waals surface area contributed by atoms with Gasteiger partial charge in [-0.05, 0) is 37.7 Å². The summed E-state index contributed by atoms with van der Waals surface area (Å²) in [6, 6.07) is 3.01. The van der Waals surface area contributed by atoms with Gasteiger partial charge in [0.25, 0.3) is 0 Å². The molecular weight excluding hydrogens is 314 g/mol. The Morgan fingerprint density at radius 2 is 2.30 bits per heavy atom. The minimum absolute atomic E-state index is 0.0145. The smallest absolute Gasteiger partial charge is 0.243 e. The van der Waals surface area contributed by atoms with Crippen LogP contribution < -0.4 is 10.5 Å². The Balaban J connectivity index is 2.21. The van der Waals surface area contributed by atoms with E-state index in [1.807, 2.05) is 6.26 Å². The van der Waals surface area contributed by atoms with E-state index in [0.717, 1.165) is 19.3 Å². The summed E-state index contributed by atoms with van der Waals surface area (Å²) in [4.78, 5) is 4.00. The van der Waals surface area contributed by atoms with Crippen LogP contribution in [0.25, 0.3) is 0 Å². The maximum atomic E-state index is 12.4. The highest BCUT2D eigenvalue weighted by molar-refractivity contribution is 7.99. The lowest BCUT2D eigenvalue weighted by Crippen LogP contribution is -2.34. The van der Waals surface area contributed by atoms with E-state index < -0.39 is 10.0 Å². The van der Waals surface area contributed by atoms with Crippen LogP contribution in [0.5, 0.6) is 0 Å². The zero-order valence-electron chi connectivity index (χ0n) is 11.1. The molecule has 0 bridgehead atoms. The number of hydrogen-bond acceptors (Lipinski definition) is 5. The van der Waals surface area contributed by atoms with Crippen LogP contribution >= 0.6 is 24.0 Å². The Morgan fingerprint density at radius 1 is 1.55 bits per heavy atom. The van der Waals surface area contributed by atoms with Gasteiger partial charge in [-0.15, -0.1) is 0 Å². The highest BCUT2D eigenvalue weighted by atomic mass is 32.2. The molecule has 1 aliphatic carbocycles. The van der Waals surface area contributed by atoms with Gasteiger partial charge in [-0.2, -0.15) is 11.8 Å². The summed E-state index contributed by atoms with van der Waals surface area (Å²) < 4.78 is 27.6. The van der Waals surface area contributed by atoms with Gasteiger partial charge in [0.15, 0.2) is 0 Å². The molecule has 3 N–H and O–H groups in total. The maximum Gasteiger partial charge on any atom is 0.243 e. The second-order valence-electron chi connectivity index (χ2n) is 4.70. The monoisotopic (exact) mass is 331 g/mol. The van der Waals surface area contributed by atoms with Gasteiger partial charge in [0.05, 0.1) is 0 Å². The van der Waals surface area contributed by atoms with Crippen molar-refractivity contribution >= 4 is 39.0 Å². The Morgan fingerprint density at radius 3 is 2.90 bits per heavy atom. The Bertz CT molecular complexity index is 604. The van der Waals surface area contributed by atoms with Gasteiger partial charge in [-0.1, -0.05) is 12.2 Å². The van der Waals surface area contributed by atoms with Crippen LogP contribution in [0, 0.1) is 0 Å². The van der Waals surface area contributed by atoms with E-state index in [0.29, 0.717) is 5.25 Å². The Hall–Kier alpha value is -0.700. The van der Waals surface area contributed by atoms with Gasteiger partial charge in [0, 0.05) is 17.5 Å². The van der Waals surface area contributed by atoms with Crippen molar-refractivity contribution in [1.82, 2.24) is 9.71 Å². The molecule has 1 saturated carbocycles. The number of thiocarbonyl (C=S) groups is 1. The summed E-state index contributed by atoms with van der Waals surface area (Å²) in [5, 5.41) is 0.520. The normalized spacial score (nSPS) is 22.9. The minimum atomic E-state index is -3.64. The molecule has 1 heterocycles. The molecule has 2 rings (SSSR count). The largest absolute Gasteiger partial charge is 0.388 e. The first-order valence-electron chi connectivity index (χ1n) is 6.24. The molecule has 2 atom stereocenters. The molecule has 1 aromatic rings. The second-order valence-corrected chi connectivity index (χ2v) is 7.96. The lowest BCUT2D eigenvalue weighted by atomic mass is 10.3. The van der Waals surface area contributed by atoms with E-state index in [2.05, 4.69) is 9.71 Å². The van der Waals surface area contributed by atoms with E-state index in [4.69, 9.17) is 18.0 Å². The summed E-state index contributed by atoms with van der Waals surface area (Å²) in [5.74, 6) is 0. The quantitative estimate of drug-likeness (QED) is 0.791. The summed E-state index contributed by atoms with van der Waals surface area (Å²) in [7, 11) is -3.64. The van der Waals surface area contributed by atoms with E-state index in [1.54, 1.807) is 17.8 Å². The fraction of sp³-hybridized carbons (Fsp3) is 0.500. The molecule has 0 spiro atoms. The van der Waals surface area contributed by atoms with E-state index in [1.165, 1.54) is 12.3 Å². The van der Waals surface area contributed by atoms with Gasteiger partial charge >= 0.3 is 0 Å². The maximum absolute atomic E-state index is 12.4. The van der Waals surface area contributed by atoms with Crippen LogP contribution in [-0.4, -0.2) is 35.9 Å². The Labute approximate surface area is 128 Å². The van der Waals surface area contributed by atoms with Crippen molar-refractivity contribution in [2.24, 2.45) is 5.73 Å². The lowest BCUT2D eigenvalue weighted by Gasteiger charge is -2.14. The molecule has 20 heavy (non-hydrogen) atoms. The molecule has 1 fully saturated rings. The fourth-order valence-corrected chi connectivity index (χ4v) is 4.82. The number of thioether (sulfide) groups is 1. The van der Waals surface area contributed by atoms with Crippen LogP contribution in [0.1, 0.15) is 25.0 Å². The second kappa shape index (κ2) is 6.38. The van der Waals surface area contributed by atoms with Crippen LogP contribution in [0.2, 0.25) is 0 Å². The van der Waals surface area contributed by atoms with Crippen LogP contribution in [0.15, 0.2) is 23.2 Å². The fourth-order valence-electron chi connectivity index (χ4n) is 2.34. The average Bonchev–Trinajstić information content (AvgIpc) is 2.85. The molecular formula is C12H17N3O2S3. The van der Waals surface area contributed by atoms with Crippen LogP contribution in [-0.2, 0) is 10.0 Å². The number of aromatic nitrogens is 1. The predicted molar refractivity (Wildman–Crippen MR) is 85.4 cm³/mol. The number of hydrogen-bond donors (Lipinski definition) is 2. The molecule has 0 saturated heterocycles. The molecule has 5 nitrogen and oxygen atoms in total. The van der Waals surface area contributed by atoms with Crippen molar-refractivity contribution < 1.29 is 8.42 Å². The highest BCUT2D eigenvalue weighted by Crippen LogP contribution is 2.29. The zero-order valence-corrected chi connectivity index (χ0v) is 13.5. The average molecular weight is 331 g/mol. The first kappa shape index (κ1) is 15.7. The van der Waals surface area contributed by atoms with Crippen LogP contribution in [0.4, 0.5) is 0 Å². The number of nitrogens with two attached hydrogens (primary N) is 1. The predicted octanol–water partition coefficient (Wildman–Crippen LogP) is 1.28. The van der Waals surface area contributed by atoms with Crippen molar-refractivity contribution in [3.8, 4) is 0 Å². The topological polar surface area (TPSA) is 85.1 Å². The van der Waals surface area contributed by atoms with Crippen molar-refractivity contribution in [3.05, 3.63) is 24.0 Å². The zero-order chi connectivity index (χ0) is 14.8. The third-order valence-electron chi connectivity index (χ3n) is 3.33. The van der Waals surface area contributed by atoms with Crippen molar-refractivity contribution in [1.29, 1.82) is 0 Å². The van der Waals surface area contributed by atoms with E-state index in [-0.39, 0.29) is 21.6 Å². The van der Waals surface area contributed by atoms with Crippen molar-refractivity contribution in [3.63, 3.8) is 0 Å². The number of nitrogens with one attached hydrogen (secondary N) is 1. The molecule has 1 aromatic heterocycles. The van der Waals surface area contributed by atoms with Gasteiger partial charge < -0.3 is 5.73 Å². The van der Waals surface area contributed by atoms with Crippen LogP contribution in [0.3, 0.4) is 0 Å². The minimum Gasteiger partial charge on any atom is -0.388 e. The molecule has 1 aliphatic rings. The third kappa shape index (κ3) is 3.49. The highest BCUT2D eigenvalue weighted by Gasteiger charge is 2.29. The third-order valence-corrected chi connectivity index (χ3v) is 6.17. The number of nitrogens with zero attached hydrogens (tertiary/aromatic N) is 1. The molecule has 0 amide bonds. The standard InChI is InChI=1S/C12H17N3O2S3/c1-19-9-5-4-8(7-9)15-20(16,17)10-3-2-6-14-11(10)12(13)18/h2-3,6,8-9,15H,4-5,7H2,1H3,(H2,13,18). The molecule has 0 radical (unpaired) electrons.